The molecule has 3 N–H and O–H groups in total. The van der Waals surface area contributed by atoms with E-state index in [-0.39, 0.29) is 29.9 Å². The summed E-state index contributed by atoms with van der Waals surface area (Å²) in [7, 11) is 0. The maximum atomic E-state index is 12.7. The van der Waals surface area contributed by atoms with Gasteiger partial charge in [-0.15, -0.1) is 0 Å². The highest BCUT2D eigenvalue weighted by Gasteiger charge is 2.39. The smallest absolute Gasteiger partial charge is 0.308 e. The number of aliphatic hydroxyl groups is 2. The van der Waals surface area contributed by atoms with Gasteiger partial charge in [0, 0.05) is 12.3 Å². The lowest BCUT2D eigenvalue weighted by molar-refractivity contribution is -0.159. The van der Waals surface area contributed by atoms with E-state index in [1.807, 2.05) is 13.8 Å². The molecule has 0 aromatic heterocycles. The van der Waals surface area contributed by atoms with E-state index < -0.39 is 36.2 Å². The summed E-state index contributed by atoms with van der Waals surface area (Å²) in [6, 6.07) is 0. The Labute approximate surface area is 210 Å². The number of aliphatic hydroxyl groups excluding tert-OH is 2. The third-order valence-corrected chi connectivity index (χ3v) is 7.78. The highest BCUT2D eigenvalue weighted by atomic mass is 16.5. The van der Waals surface area contributed by atoms with Crippen LogP contribution in [0.3, 0.4) is 0 Å². The van der Waals surface area contributed by atoms with Crippen molar-refractivity contribution < 1.29 is 29.6 Å². The number of carbonyl (C=O) groups is 2. The first-order valence-electron chi connectivity index (χ1n) is 13.1. The summed E-state index contributed by atoms with van der Waals surface area (Å²) >= 11 is 0. The Hall–Kier alpha value is -2.17. The van der Waals surface area contributed by atoms with Gasteiger partial charge < -0.3 is 20.1 Å². The number of allylic oxidation sites excluding steroid dienone is 2. The van der Waals surface area contributed by atoms with Crippen molar-refractivity contribution in [3.8, 4) is 0 Å². The maximum absolute atomic E-state index is 12.7. The van der Waals surface area contributed by atoms with Crippen LogP contribution in [-0.2, 0) is 14.3 Å². The van der Waals surface area contributed by atoms with Crippen molar-refractivity contribution >= 4 is 11.9 Å². The van der Waals surface area contributed by atoms with Crippen LogP contribution in [0, 0.1) is 42.1 Å². The Bertz CT molecular complexity index is 815. The second kappa shape index (κ2) is 13.8. The standard InChI is InChI=1S/C28H43NO6/c1-17-13-18(2)15-20(4)27(32)23(29-5)11-6-7-12-25(21-9-8-10-22(21)28(33)34)35-26(31)16-24(30)19(3)14-17/h6-7,11,17-22,24-25,27,30,32H,8-10,12-16H2,1-4H3,(H,33,34)/b7-6+,23-11+. The molecular weight excluding hydrogens is 446 g/mol. The molecule has 9 atom stereocenters. The maximum Gasteiger partial charge on any atom is 0.308 e. The molecule has 1 heterocycles. The Morgan fingerprint density at radius 3 is 2.34 bits per heavy atom. The molecule has 0 aromatic rings. The lowest BCUT2D eigenvalue weighted by atomic mass is 9.82. The summed E-state index contributed by atoms with van der Waals surface area (Å²) in [6.07, 6.45) is 7.40. The third-order valence-electron chi connectivity index (χ3n) is 7.78. The zero-order valence-electron chi connectivity index (χ0n) is 21.6. The van der Waals surface area contributed by atoms with Crippen LogP contribution in [0.15, 0.2) is 23.9 Å². The number of rotatable bonds is 2. The number of esters is 1. The van der Waals surface area contributed by atoms with Crippen LogP contribution < -0.4 is 0 Å². The number of carboxylic acids is 1. The minimum Gasteiger partial charge on any atom is -0.481 e. The number of aliphatic carboxylic acids is 1. The Kier molecular flexibility index (Phi) is 11.5. The van der Waals surface area contributed by atoms with Crippen molar-refractivity contribution in [2.24, 2.45) is 35.5 Å². The van der Waals surface area contributed by atoms with Crippen molar-refractivity contribution in [1.29, 1.82) is 0 Å². The summed E-state index contributed by atoms with van der Waals surface area (Å²) in [5, 5.41) is 31.1. The van der Waals surface area contributed by atoms with E-state index >= 15 is 0 Å². The van der Waals surface area contributed by atoms with Gasteiger partial charge in [-0.05, 0) is 55.8 Å². The van der Waals surface area contributed by atoms with Gasteiger partial charge in [0.1, 0.15) is 6.10 Å². The molecular formula is C28H43NO6. The minimum atomic E-state index is -0.879. The molecule has 1 aliphatic carbocycles. The van der Waals surface area contributed by atoms with Crippen LogP contribution in [0.2, 0.25) is 0 Å². The Morgan fingerprint density at radius 2 is 1.71 bits per heavy atom. The monoisotopic (exact) mass is 489 g/mol. The van der Waals surface area contributed by atoms with E-state index in [0.29, 0.717) is 31.1 Å². The van der Waals surface area contributed by atoms with Gasteiger partial charge in [0.15, 0.2) is 5.70 Å². The van der Waals surface area contributed by atoms with Gasteiger partial charge in [-0.1, -0.05) is 52.3 Å². The van der Waals surface area contributed by atoms with Gasteiger partial charge in [-0.25, -0.2) is 4.85 Å². The molecule has 196 valence electrons. The van der Waals surface area contributed by atoms with Gasteiger partial charge in [0.2, 0.25) is 0 Å². The molecule has 0 spiro atoms. The van der Waals surface area contributed by atoms with Crippen LogP contribution in [0.5, 0.6) is 0 Å². The fraction of sp³-hybridized carbons (Fsp3) is 0.750. The van der Waals surface area contributed by atoms with Crippen LogP contribution in [0.4, 0.5) is 0 Å². The molecule has 0 radical (unpaired) electrons. The van der Waals surface area contributed by atoms with Gasteiger partial charge >= 0.3 is 11.9 Å². The normalized spacial score (nSPS) is 40.9. The highest BCUT2D eigenvalue weighted by molar-refractivity contribution is 5.72. The van der Waals surface area contributed by atoms with Gasteiger partial charge in [0.25, 0.3) is 0 Å². The van der Waals surface area contributed by atoms with Gasteiger partial charge in [-0.3, -0.25) is 9.59 Å². The molecule has 1 aliphatic heterocycles. The predicted octanol–water partition coefficient (Wildman–Crippen LogP) is 4.99. The van der Waals surface area contributed by atoms with E-state index in [9.17, 15) is 24.9 Å². The fourth-order valence-electron chi connectivity index (χ4n) is 5.95. The van der Waals surface area contributed by atoms with Crippen LogP contribution in [0.25, 0.3) is 4.85 Å². The number of carboxylic acid groups (broad SMARTS) is 1. The number of hydrogen-bond donors (Lipinski definition) is 3. The fourth-order valence-corrected chi connectivity index (χ4v) is 5.95. The van der Waals surface area contributed by atoms with E-state index in [4.69, 9.17) is 11.3 Å². The summed E-state index contributed by atoms with van der Waals surface area (Å²) in [5.41, 5.74) is 0.268. The Morgan fingerprint density at radius 1 is 1.06 bits per heavy atom. The summed E-state index contributed by atoms with van der Waals surface area (Å²) in [6.45, 7) is 15.7. The van der Waals surface area contributed by atoms with Crippen LogP contribution in [-0.4, -0.2) is 45.6 Å². The molecule has 9 unspecified atom stereocenters. The summed E-state index contributed by atoms with van der Waals surface area (Å²) < 4.78 is 5.77. The lowest BCUT2D eigenvalue weighted by Crippen LogP contribution is -2.34. The van der Waals surface area contributed by atoms with Crippen molar-refractivity contribution in [3.63, 3.8) is 0 Å². The molecule has 2 rings (SSSR count). The molecule has 0 aromatic carbocycles. The van der Waals surface area contributed by atoms with Gasteiger partial charge in [-0.2, -0.15) is 0 Å². The second-order valence-electron chi connectivity index (χ2n) is 11.0. The SMILES string of the molecule is [C-]#[N+]/C1=C/C=C/CC(C2CCCC2C(=O)O)OC(=O)CC(O)C(C)CC(C)CC(C)CC(C)C1O. The Balaban J connectivity index is 2.30. The number of nitrogens with zero attached hydrogens (tertiary/aromatic N) is 1. The molecule has 2 aliphatic rings. The quantitative estimate of drug-likeness (QED) is 0.373. The second-order valence-corrected chi connectivity index (χ2v) is 11.0. The molecule has 1 fully saturated rings. The topological polar surface area (TPSA) is 108 Å². The average molecular weight is 490 g/mol. The first kappa shape index (κ1) is 29.1. The van der Waals surface area contributed by atoms with Gasteiger partial charge in [0.05, 0.1) is 31.1 Å². The largest absolute Gasteiger partial charge is 0.481 e. The van der Waals surface area contributed by atoms with Crippen molar-refractivity contribution in [3.05, 3.63) is 35.3 Å². The van der Waals surface area contributed by atoms with Crippen LogP contribution >= 0.6 is 0 Å². The summed E-state index contributed by atoms with van der Waals surface area (Å²) in [4.78, 5) is 28.0. The third kappa shape index (κ3) is 8.77. The zero-order chi connectivity index (χ0) is 26.1. The van der Waals surface area contributed by atoms with E-state index in [1.165, 1.54) is 0 Å². The molecule has 7 heteroatoms. The zero-order valence-corrected chi connectivity index (χ0v) is 21.6. The highest BCUT2D eigenvalue weighted by Crippen LogP contribution is 2.37. The van der Waals surface area contributed by atoms with E-state index in [0.717, 1.165) is 25.7 Å². The van der Waals surface area contributed by atoms with Crippen molar-refractivity contribution in [1.82, 2.24) is 0 Å². The molecule has 1 saturated carbocycles. The molecule has 0 saturated heterocycles. The average Bonchev–Trinajstić information content (AvgIpc) is 3.27. The van der Waals surface area contributed by atoms with Crippen molar-refractivity contribution in [2.75, 3.05) is 0 Å². The number of hydrogen-bond acceptors (Lipinski definition) is 5. The number of ether oxygens (including phenoxy) is 1. The first-order chi connectivity index (χ1) is 16.5. The molecule has 35 heavy (non-hydrogen) atoms. The number of cyclic esters (lactones) is 1. The molecule has 7 nitrogen and oxygen atoms in total. The predicted molar refractivity (Wildman–Crippen MR) is 134 cm³/mol. The van der Waals surface area contributed by atoms with E-state index in [2.05, 4.69) is 18.7 Å². The molecule has 0 amide bonds. The van der Waals surface area contributed by atoms with E-state index in [1.54, 1.807) is 18.2 Å². The summed E-state index contributed by atoms with van der Waals surface area (Å²) in [5.74, 6) is -1.73. The first-order valence-corrected chi connectivity index (χ1v) is 13.1. The van der Waals surface area contributed by atoms with Crippen molar-refractivity contribution in [2.45, 2.75) is 97.4 Å². The molecule has 0 bridgehead atoms. The number of carbonyl (C=O) groups excluding carboxylic acids is 1. The minimum absolute atomic E-state index is 0.0728. The lowest BCUT2D eigenvalue weighted by Gasteiger charge is -2.28. The van der Waals surface area contributed by atoms with Crippen LogP contribution in [0.1, 0.15) is 79.1 Å².